The van der Waals surface area contributed by atoms with Gasteiger partial charge in [0.2, 0.25) is 11.8 Å². The molecular formula is C23H26ClN3O6S. The van der Waals surface area contributed by atoms with Crippen LogP contribution in [0.2, 0.25) is 5.02 Å². The summed E-state index contributed by atoms with van der Waals surface area (Å²) >= 11 is 7.14. The average molecular weight is 508 g/mol. The highest BCUT2D eigenvalue weighted by Crippen LogP contribution is 2.32. The molecule has 2 aromatic rings. The predicted octanol–water partition coefficient (Wildman–Crippen LogP) is 1.94. The number of likely N-dealkylation sites (N-methyl/N-ethyl adjacent to an activating group) is 1. The van der Waals surface area contributed by atoms with Crippen LogP contribution in [0.4, 0.5) is 0 Å². The Labute approximate surface area is 206 Å². The van der Waals surface area contributed by atoms with Crippen molar-refractivity contribution in [1.82, 2.24) is 14.5 Å². The molecule has 0 radical (unpaired) electrons. The van der Waals surface area contributed by atoms with Gasteiger partial charge in [-0.2, -0.15) is 0 Å². The normalized spacial score (nSPS) is 16.1. The molecule has 1 aliphatic rings. The van der Waals surface area contributed by atoms with E-state index in [-0.39, 0.29) is 49.4 Å². The van der Waals surface area contributed by atoms with Crippen molar-refractivity contribution >= 4 is 41.3 Å². The topological polar surface area (TPSA) is 119 Å². The third kappa shape index (κ3) is 6.13. The summed E-state index contributed by atoms with van der Waals surface area (Å²) in [5, 5.41) is 22.5. The van der Waals surface area contributed by atoms with E-state index >= 15 is 0 Å². The number of amides is 3. The van der Waals surface area contributed by atoms with Gasteiger partial charge >= 0.3 is 0 Å². The number of phenols is 1. The quantitative estimate of drug-likeness (QED) is 0.467. The minimum Gasteiger partial charge on any atom is -0.507 e. The summed E-state index contributed by atoms with van der Waals surface area (Å²) in [6, 6.07) is 9.55. The van der Waals surface area contributed by atoms with Gasteiger partial charge in [0, 0.05) is 30.1 Å². The first-order valence-electron chi connectivity index (χ1n) is 10.5. The van der Waals surface area contributed by atoms with Crippen molar-refractivity contribution in [3.05, 3.63) is 52.5 Å². The number of hydrogen-bond donors (Lipinski definition) is 3. The van der Waals surface area contributed by atoms with Crippen molar-refractivity contribution in [3.63, 3.8) is 0 Å². The fraction of sp³-hybridized carbons (Fsp3) is 0.348. The van der Waals surface area contributed by atoms with Gasteiger partial charge in [0.15, 0.2) is 0 Å². The molecule has 0 spiro atoms. The van der Waals surface area contributed by atoms with E-state index in [1.54, 1.807) is 24.3 Å². The Morgan fingerprint density at radius 3 is 2.76 bits per heavy atom. The van der Waals surface area contributed by atoms with Crippen LogP contribution in [-0.4, -0.2) is 77.5 Å². The van der Waals surface area contributed by atoms with Gasteiger partial charge in [-0.3, -0.25) is 18.7 Å². The van der Waals surface area contributed by atoms with Crippen LogP contribution in [0.25, 0.3) is 0 Å². The van der Waals surface area contributed by atoms with Crippen LogP contribution in [0.1, 0.15) is 15.9 Å². The smallest absolute Gasteiger partial charge is 0.257 e. The van der Waals surface area contributed by atoms with E-state index in [0.29, 0.717) is 22.1 Å². The molecule has 0 bridgehead atoms. The van der Waals surface area contributed by atoms with Crippen molar-refractivity contribution in [2.75, 3.05) is 40.4 Å². The van der Waals surface area contributed by atoms with Crippen LogP contribution in [-0.2, 0) is 16.0 Å². The minimum absolute atomic E-state index is 0.0351. The summed E-state index contributed by atoms with van der Waals surface area (Å²) in [6.07, 6.45) is 0.311. The van der Waals surface area contributed by atoms with Crippen molar-refractivity contribution in [3.8, 4) is 11.5 Å². The Balaban J connectivity index is 1.83. The van der Waals surface area contributed by atoms with Gasteiger partial charge in [-0.1, -0.05) is 11.6 Å². The molecule has 0 saturated carbocycles. The van der Waals surface area contributed by atoms with Crippen molar-refractivity contribution in [1.29, 1.82) is 0 Å². The maximum atomic E-state index is 13.4. The molecule has 34 heavy (non-hydrogen) atoms. The highest BCUT2D eigenvalue weighted by atomic mass is 35.5. The Morgan fingerprint density at radius 2 is 2.06 bits per heavy atom. The summed E-state index contributed by atoms with van der Waals surface area (Å²) in [6.45, 7) is -0.111. The first-order valence-corrected chi connectivity index (χ1v) is 11.7. The maximum absolute atomic E-state index is 13.4. The fourth-order valence-corrected chi connectivity index (χ4v) is 4.70. The number of methoxy groups -OCH3 is 1. The lowest BCUT2D eigenvalue weighted by molar-refractivity contribution is -0.131. The molecule has 1 fully saturated rings. The zero-order valence-electron chi connectivity index (χ0n) is 18.8. The average Bonchev–Trinajstić information content (AvgIpc) is 2.93. The molecule has 0 aliphatic carbocycles. The van der Waals surface area contributed by atoms with Crippen LogP contribution in [0.15, 0.2) is 41.3 Å². The summed E-state index contributed by atoms with van der Waals surface area (Å²) in [5.74, 6) is -1.21. The van der Waals surface area contributed by atoms with E-state index in [1.165, 1.54) is 35.5 Å². The van der Waals surface area contributed by atoms with Crippen molar-refractivity contribution in [2.45, 2.75) is 11.3 Å². The molecule has 3 N–H and O–H groups in total. The van der Waals surface area contributed by atoms with Crippen LogP contribution in [0.3, 0.4) is 0 Å². The van der Waals surface area contributed by atoms with Gasteiger partial charge in [0.05, 0.1) is 25.2 Å². The van der Waals surface area contributed by atoms with E-state index < -0.39 is 11.8 Å². The molecule has 0 aromatic heterocycles. The third-order valence-corrected chi connectivity index (χ3v) is 6.56. The molecule has 1 unspecified atom stereocenters. The number of hydrogen-bond acceptors (Lipinski definition) is 7. The Hall–Kier alpha value is -2.95. The van der Waals surface area contributed by atoms with Gasteiger partial charge < -0.3 is 25.2 Å². The van der Waals surface area contributed by atoms with Crippen LogP contribution in [0.5, 0.6) is 11.5 Å². The minimum atomic E-state index is -0.555. The summed E-state index contributed by atoms with van der Waals surface area (Å²) in [4.78, 5) is 40.0. The second kappa shape index (κ2) is 11.5. The zero-order valence-corrected chi connectivity index (χ0v) is 20.4. The molecule has 1 saturated heterocycles. The monoisotopic (exact) mass is 507 g/mol. The number of phenolic OH excluding ortho intramolecular Hbond substituents is 1. The van der Waals surface area contributed by atoms with Gasteiger partial charge in [-0.15, -0.1) is 0 Å². The Morgan fingerprint density at radius 1 is 1.29 bits per heavy atom. The molecule has 11 heteroatoms. The van der Waals surface area contributed by atoms with E-state index in [0.717, 1.165) is 17.5 Å². The SMILES string of the molecule is COc1ccc(Cl)cc1CC1CNC(=O)CN(Sc2ccc(O)c(C(=O)N(C)CCO)c2)C1=O. The molecule has 3 rings (SSSR count). The highest BCUT2D eigenvalue weighted by molar-refractivity contribution is 7.97. The number of ether oxygens (including phenoxy) is 1. The molecular weight excluding hydrogens is 482 g/mol. The Bertz CT molecular complexity index is 1080. The summed E-state index contributed by atoms with van der Waals surface area (Å²) < 4.78 is 6.73. The van der Waals surface area contributed by atoms with Gasteiger partial charge in [-0.25, -0.2) is 0 Å². The van der Waals surface area contributed by atoms with Gasteiger partial charge in [-0.05, 0) is 60.3 Å². The molecule has 3 amide bonds. The van der Waals surface area contributed by atoms with E-state index in [4.69, 9.17) is 21.4 Å². The van der Waals surface area contributed by atoms with Crippen molar-refractivity contribution in [2.24, 2.45) is 5.92 Å². The molecule has 1 heterocycles. The lowest BCUT2D eigenvalue weighted by Crippen LogP contribution is -2.33. The maximum Gasteiger partial charge on any atom is 0.257 e. The molecule has 1 aliphatic heterocycles. The molecule has 1 atom stereocenters. The zero-order chi connectivity index (χ0) is 24.8. The number of carbonyl (C=O) groups excluding carboxylic acids is 3. The number of aliphatic hydroxyl groups is 1. The highest BCUT2D eigenvalue weighted by Gasteiger charge is 2.32. The van der Waals surface area contributed by atoms with Gasteiger partial charge in [0.1, 0.15) is 18.0 Å². The van der Waals surface area contributed by atoms with Crippen LogP contribution < -0.4 is 10.1 Å². The van der Waals surface area contributed by atoms with E-state index in [9.17, 15) is 19.5 Å². The first-order chi connectivity index (χ1) is 16.2. The second-order valence-corrected chi connectivity index (χ2v) is 9.29. The standard InChI is InChI=1S/C23H26ClN3O6S/c1-26(7-8-28)23(32)18-11-17(4-5-19(18)29)34-27-13-21(30)25-12-15(22(27)31)9-14-10-16(24)3-6-20(14)33-2/h3-6,10-11,15,28-29H,7-9,12-13H2,1-2H3,(H,25,30). The Kier molecular flexibility index (Phi) is 8.65. The number of aromatic hydroxyl groups is 1. The lowest BCUT2D eigenvalue weighted by Gasteiger charge is -2.23. The summed E-state index contributed by atoms with van der Waals surface area (Å²) in [7, 11) is 3.04. The molecule has 2 aromatic carbocycles. The molecule has 182 valence electrons. The molecule has 9 nitrogen and oxygen atoms in total. The van der Waals surface area contributed by atoms with Crippen LogP contribution >= 0.6 is 23.5 Å². The number of aliphatic hydroxyl groups excluding tert-OH is 1. The number of benzene rings is 2. The van der Waals surface area contributed by atoms with Crippen molar-refractivity contribution < 1.29 is 29.3 Å². The van der Waals surface area contributed by atoms with E-state index in [1.807, 2.05) is 0 Å². The van der Waals surface area contributed by atoms with Crippen LogP contribution in [0, 0.1) is 5.92 Å². The number of carbonyl (C=O) groups is 3. The number of halogens is 1. The lowest BCUT2D eigenvalue weighted by atomic mass is 9.98. The third-order valence-electron chi connectivity index (χ3n) is 5.33. The predicted molar refractivity (Wildman–Crippen MR) is 128 cm³/mol. The number of nitrogens with one attached hydrogen (secondary N) is 1. The largest absolute Gasteiger partial charge is 0.507 e. The second-order valence-electron chi connectivity index (χ2n) is 7.76. The summed E-state index contributed by atoms with van der Waals surface area (Å²) in [5.41, 5.74) is 0.784. The van der Waals surface area contributed by atoms with Gasteiger partial charge in [0.25, 0.3) is 5.91 Å². The number of nitrogens with zero attached hydrogens (tertiary/aromatic N) is 2. The van der Waals surface area contributed by atoms with E-state index in [2.05, 4.69) is 5.32 Å². The number of rotatable bonds is 8. The fourth-order valence-electron chi connectivity index (χ4n) is 3.53. The first kappa shape index (κ1) is 25.7.